The van der Waals surface area contributed by atoms with Gasteiger partial charge in [0, 0.05) is 17.9 Å². The molecule has 0 bridgehead atoms. The van der Waals surface area contributed by atoms with Gasteiger partial charge in [0.05, 0.1) is 4.90 Å². The van der Waals surface area contributed by atoms with Gasteiger partial charge in [0.15, 0.2) is 9.84 Å². The van der Waals surface area contributed by atoms with E-state index in [2.05, 4.69) is 0 Å². The van der Waals surface area contributed by atoms with Gasteiger partial charge in [0.1, 0.15) is 6.04 Å². The zero-order valence-electron chi connectivity index (χ0n) is 14.4. The predicted octanol–water partition coefficient (Wildman–Crippen LogP) is 2.26. The lowest BCUT2D eigenvalue weighted by Gasteiger charge is -2.33. The van der Waals surface area contributed by atoms with Gasteiger partial charge in [-0.05, 0) is 49.8 Å². The Balaban J connectivity index is 1.99. The number of sulfone groups is 1. The summed E-state index contributed by atoms with van der Waals surface area (Å²) in [5.41, 5.74) is 0.814. The third-order valence-electron chi connectivity index (χ3n) is 5.44. The highest BCUT2D eigenvalue weighted by atomic mass is 32.2. The average molecular weight is 365 g/mol. The first kappa shape index (κ1) is 17.9. The van der Waals surface area contributed by atoms with E-state index in [1.807, 2.05) is 0 Å². The fraction of sp³-hybridized carbons (Fsp3) is 0.556. The van der Waals surface area contributed by atoms with Gasteiger partial charge in [0.2, 0.25) is 0 Å². The summed E-state index contributed by atoms with van der Waals surface area (Å²) in [6.07, 6.45) is 5.40. The topological polar surface area (TPSA) is 91.8 Å². The molecule has 1 N–H and O–H groups in total. The summed E-state index contributed by atoms with van der Waals surface area (Å²) in [5.74, 6) is -1.15. The summed E-state index contributed by atoms with van der Waals surface area (Å²) in [6.45, 7) is 1.68. The number of nitrogens with zero attached hydrogens (tertiary/aromatic N) is 1. The van der Waals surface area contributed by atoms with E-state index in [1.54, 1.807) is 19.1 Å². The first-order valence-electron chi connectivity index (χ1n) is 8.56. The minimum atomic E-state index is -3.45. The number of hydrogen-bond acceptors (Lipinski definition) is 4. The second-order valence-electron chi connectivity index (χ2n) is 7.17. The maximum Gasteiger partial charge on any atom is 0.326 e. The molecule has 0 radical (unpaired) electrons. The van der Waals surface area contributed by atoms with E-state index in [4.69, 9.17) is 0 Å². The van der Waals surface area contributed by atoms with Gasteiger partial charge in [-0.2, -0.15) is 0 Å². The van der Waals surface area contributed by atoms with Gasteiger partial charge >= 0.3 is 5.97 Å². The molecule has 1 aliphatic carbocycles. The van der Waals surface area contributed by atoms with Crippen molar-refractivity contribution in [3.8, 4) is 0 Å². The van der Waals surface area contributed by atoms with Gasteiger partial charge in [-0.1, -0.05) is 18.9 Å². The molecule has 25 heavy (non-hydrogen) atoms. The van der Waals surface area contributed by atoms with Crippen LogP contribution >= 0.6 is 0 Å². The van der Waals surface area contributed by atoms with Crippen LogP contribution in [-0.4, -0.2) is 48.6 Å². The Bertz CT molecular complexity index is 817. The smallest absolute Gasteiger partial charge is 0.326 e. The minimum Gasteiger partial charge on any atom is -0.480 e. The molecule has 136 valence electrons. The van der Waals surface area contributed by atoms with Crippen molar-refractivity contribution in [3.63, 3.8) is 0 Å². The highest BCUT2D eigenvalue weighted by molar-refractivity contribution is 7.90. The summed E-state index contributed by atoms with van der Waals surface area (Å²) >= 11 is 0. The third kappa shape index (κ3) is 3.29. The molecule has 1 heterocycles. The number of benzene rings is 1. The largest absolute Gasteiger partial charge is 0.480 e. The van der Waals surface area contributed by atoms with E-state index < -0.39 is 21.8 Å². The average Bonchev–Trinajstić information content (AvgIpc) is 2.93. The Morgan fingerprint density at radius 3 is 2.52 bits per heavy atom. The minimum absolute atomic E-state index is 0.0645. The molecule has 3 atom stereocenters. The lowest BCUT2D eigenvalue weighted by molar-refractivity contribution is -0.141. The molecule has 1 amide bonds. The van der Waals surface area contributed by atoms with E-state index in [0.717, 1.165) is 31.9 Å². The van der Waals surface area contributed by atoms with Crippen molar-refractivity contribution in [2.45, 2.75) is 56.0 Å². The van der Waals surface area contributed by atoms with Crippen molar-refractivity contribution in [1.82, 2.24) is 4.90 Å². The molecule has 0 aromatic heterocycles. The zero-order chi connectivity index (χ0) is 18.4. The van der Waals surface area contributed by atoms with Crippen molar-refractivity contribution < 1.29 is 23.1 Å². The van der Waals surface area contributed by atoms with E-state index in [0.29, 0.717) is 12.0 Å². The van der Waals surface area contributed by atoms with Gasteiger partial charge in [-0.3, -0.25) is 4.79 Å². The molecular formula is C18H23NO5S. The van der Waals surface area contributed by atoms with Crippen molar-refractivity contribution in [2.24, 2.45) is 5.92 Å². The Kier molecular flexibility index (Phi) is 4.62. The molecule has 2 fully saturated rings. The van der Waals surface area contributed by atoms with Crippen molar-refractivity contribution >= 4 is 21.7 Å². The van der Waals surface area contributed by atoms with Crippen LogP contribution in [0.3, 0.4) is 0 Å². The van der Waals surface area contributed by atoms with E-state index in [-0.39, 0.29) is 28.3 Å². The number of likely N-dealkylation sites (tertiary alicyclic amines) is 1. The Labute approximate surface area is 147 Å². The molecule has 6 nitrogen and oxygen atoms in total. The third-order valence-corrected chi connectivity index (χ3v) is 6.68. The quantitative estimate of drug-likeness (QED) is 0.887. The Morgan fingerprint density at radius 2 is 1.88 bits per heavy atom. The lowest BCUT2D eigenvalue weighted by atomic mass is 9.84. The number of carbonyl (C=O) groups is 2. The summed E-state index contributed by atoms with van der Waals surface area (Å²) < 4.78 is 23.9. The van der Waals surface area contributed by atoms with Crippen molar-refractivity contribution in [3.05, 3.63) is 29.3 Å². The van der Waals surface area contributed by atoms with Crippen LogP contribution in [0.4, 0.5) is 0 Å². The summed E-state index contributed by atoms with van der Waals surface area (Å²) in [5, 5.41) is 9.56. The van der Waals surface area contributed by atoms with Crippen LogP contribution < -0.4 is 0 Å². The molecule has 3 rings (SSSR count). The molecular weight excluding hydrogens is 342 g/mol. The fourth-order valence-corrected chi connectivity index (χ4v) is 5.25. The fourth-order valence-electron chi connectivity index (χ4n) is 4.25. The number of aliphatic carboxylic acids is 1. The van der Waals surface area contributed by atoms with Gasteiger partial charge in [0.25, 0.3) is 5.91 Å². The number of aryl methyl sites for hydroxylation is 1. The Morgan fingerprint density at radius 1 is 1.20 bits per heavy atom. The summed E-state index contributed by atoms with van der Waals surface area (Å²) in [6, 6.07) is 3.67. The molecule has 2 aliphatic rings. The molecule has 1 saturated heterocycles. The number of carboxylic acid groups (broad SMARTS) is 1. The van der Waals surface area contributed by atoms with Crippen LogP contribution in [-0.2, 0) is 14.6 Å². The molecule has 1 saturated carbocycles. The summed E-state index contributed by atoms with van der Waals surface area (Å²) in [4.78, 5) is 26.4. The second-order valence-corrected chi connectivity index (χ2v) is 9.15. The monoisotopic (exact) mass is 365 g/mol. The van der Waals surface area contributed by atoms with Crippen LogP contribution in [0.2, 0.25) is 0 Å². The predicted molar refractivity (Wildman–Crippen MR) is 92.2 cm³/mol. The Hall–Kier alpha value is -1.89. The normalized spacial score (nSPS) is 26.3. The van der Waals surface area contributed by atoms with E-state index >= 15 is 0 Å². The summed E-state index contributed by atoms with van der Waals surface area (Å²) in [7, 11) is -3.45. The number of rotatable bonds is 3. The number of hydrogen-bond donors (Lipinski definition) is 1. The van der Waals surface area contributed by atoms with E-state index in [1.165, 1.54) is 11.0 Å². The van der Waals surface area contributed by atoms with Crippen LogP contribution in [0.5, 0.6) is 0 Å². The zero-order valence-corrected chi connectivity index (χ0v) is 15.3. The highest BCUT2D eigenvalue weighted by Gasteiger charge is 2.47. The maximum atomic E-state index is 13.1. The number of fused-ring (bicyclic) bond motifs is 1. The maximum absolute atomic E-state index is 13.1. The molecule has 1 aromatic carbocycles. The molecule has 0 spiro atoms. The van der Waals surface area contributed by atoms with Crippen LogP contribution in [0.1, 0.15) is 48.0 Å². The first-order valence-corrected chi connectivity index (χ1v) is 10.5. The SMILES string of the molecule is Cc1ccc(C(=O)N2[C@@H]3CCCC[C@@H]3C[C@H]2C(=O)O)cc1S(C)(=O)=O. The van der Waals surface area contributed by atoms with E-state index in [9.17, 15) is 23.1 Å². The van der Waals surface area contributed by atoms with Crippen LogP contribution in [0.15, 0.2) is 23.1 Å². The van der Waals surface area contributed by atoms with Crippen LogP contribution in [0, 0.1) is 12.8 Å². The molecule has 0 unspecified atom stereocenters. The van der Waals surface area contributed by atoms with Crippen LogP contribution in [0.25, 0.3) is 0 Å². The highest BCUT2D eigenvalue weighted by Crippen LogP contribution is 2.40. The van der Waals surface area contributed by atoms with Gasteiger partial charge < -0.3 is 10.0 Å². The lowest BCUT2D eigenvalue weighted by Crippen LogP contribution is -2.46. The second kappa shape index (κ2) is 6.44. The molecule has 1 aromatic rings. The van der Waals surface area contributed by atoms with Crippen molar-refractivity contribution in [1.29, 1.82) is 0 Å². The van der Waals surface area contributed by atoms with Gasteiger partial charge in [-0.15, -0.1) is 0 Å². The number of carbonyl (C=O) groups excluding carboxylic acids is 1. The molecule has 1 aliphatic heterocycles. The number of carboxylic acids is 1. The van der Waals surface area contributed by atoms with Crippen molar-refractivity contribution in [2.75, 3.05) is 6.26 Å². The molecule has 7 heteroatoms. The first-order chi connectivity index (χ1) is 11.7. The van der Waals surface area contributed by atoms with Gasteiger partial charge in [-0.25, -0.2) is 13.2 Å². The number of amides is 1. The standard InChI is InChI=1S/C18H23NO5S/c1-11-7-8-13(10-16(11)25(2,23)24)17(20)19-14-6-4-3-5-12(14)9-15(19)18(21)22/h7-8,10,12,14-15H,3-6,9H2,1-2H3,(H,21,22)/t12-,14-,15+/m1/s1.